The fourth-order valence-electron chi connectivity index (χ4n) is 1.97. The first-order valence-electron chi connectivity index (χ1n) is 6.20. The Bertz CT molecular complexity index is 499. The van der Waals surface area contributed by atoms with Gasteiger partial charge in [-0.3, -0.25) is 4.79 Å². The van der Waals surface area contributed by atoms with E-state index in [1.54, 1.807) is 6.92 Å². The van der Waals surface area contributed by atoms with E-state index in [0.717, 1.165) is 37.2 Å². The van der Waals surface area contributed by atoms with Crippen molar-refractivity contribution in [2.24, 2.45) is 0 Å². The van der Waals surface area contributed by atoms with E-state index in [1.165, 1.54) is 22.9 Å². The minimum absolute atomic E-state index is 0.164. The van der Waals surface area contributed by atoms with Crippen LogP contribution in [0.25, 0.3) is 0 Å². The van der Waals surface area contributed by atoms with E-state index in [2.05, 4.69) is 35.4 Å². The summed E-state index contributed by atoms with van der Waals surface area (Å²) in [7, 11) is 0. The Kier molecular flexibility index (Phi) is 4.86. The number of fused-ring (bicyclic) bond motifs is 1. The van der Waals surface area contributed by atoms with Gasteiger partial charge in [-0.1, -0.05) is 29.7 Å². The first kappa shape index (κ1) is 13.2. The van der Waals surface area contributed by atoms with E-state index in [1.807, 2.05) is 0 Å². The second kappa shape index (κ2) is 6.63. The van der Waals surface area contributed by atoms with Gasteiger partial charge in [0.1, 0.15) is 0 Å². The third kappa shape index (κ3) is 3.90. The molecule has 1 aliphatic rings. The van der Waals surface area contributed by atoms with Crippen LogP contribution in [-0.4, -0.2) is 17.4 Å². The zero-order valence-electron chi connectivity index (χ0n) is 10.6. The summed E-state index contributed by atoms with van der Waals surface area (Å²) in [6.07, 6.45) is 1.87. The smallest absolute Gasteiger partial charge is 0.185 e. The summed E-state index contributed by atoms with van der Waals surface area (Å²) in [4.78, 5) is 10.7. The molecule has 0 unspecified atom stereocenters. The third-order valence-corrected chi connectivity index (χ3v) is 3.67. The lowest BCUT2D eigenvalue weighted by Gasteiger charge is -2.16. The van der Waals surface area contributed by atoms with Crippen molar-refractivity contribution in [3.63, 3.8) is 0 Å². The van der Waals surface area contributed by atoms with Crippen LogP contribution in [0.2, 0.25) is 0 Å². The summed E-state index contributed by atoms with van der Waals surface area (Å²) < 4.78 is 0. The summed E-state index contributed by atoms with van der Waals surface area (Å²) in [6, 6.07) is 6.45. The molecule has 0 saturated heterocycles. The molecule has 94 valence electrons. The van der Waals surface area contributed by atoms with E-state index >= 15 is 0 Å². The van der Waals surface area contributed by atoms with Gasteiger partial charge in [0, 0.05) is 31.2 Å². The molecule has 0 aromatic heterocycles. The maximum atomic E-state index is 10.7. The lowest BCUT2D eigenvalue weighted by molar-refractivity contribution is -0.109. The molecular weight excluding hydrogens is 242 g/mol. The first-order chi connectivity index (χ1) is 8.75. The molecule has 1 aromatic rings. The molecule has 1 aliphatic heterocycles. The fourth-order valence-corrected chi connectivity index (χ4v) is 2.46. The third-order valence-electron chi connectivity index (χ3n) is 2.86. The summed E-state index contributed by atoms with van der Waals surface area (Å²) in [6.45, 7) is 3.61. The first-order valence-corrected chi connectivity index (χ1v) is 7.19. The fraction of sp³-hybridized carbons (Fsp3) is 0.400. The molecule has 0 saturated carbocycles. The number of nitrogens with one attached hydrogen (secondary N) is 1. The average Bonchev–Trinajstić information content (AvgIpc) is 2.38. The molecule has 1 heterocycles. The molecule has 0 atom stereocenters. The SMILES string of the molecule is CC(=O)SCCC#Cc1ccc2c(c1)CNCC2. The van der Waals surface area contributed by atoms with Crippen molar-refractivity contribution < 1.29 is 4.79 Å². The Labute approximate surface area is 113 Å². The van der Waals surface area contributed by atoms with Crippen LogP contribution >= 0.6 is 11.8 Å². The number of benzene rings is 1. The molecule has 0 radical (unpaired) electrons. The van der Waals surface area contributed by atoms with Crippen molar-refractivity contribution >= 4 is 16.9 Å². The van der Waals surface area contributed by atoms with E-state index in [9.17, 15) is 4.79 Å². The molecule has 3 heteroatoms. The highest BCUT2D eigenvalue weighted by Crippen LogP contribution is 2.15. The lowest BCUT2D eigenvalue weighted by Crippen LogP contribution is -2.23. The molecule has 0 spiro atoms. The topological polar surface area (TPSA) is 29.1 Å². The number of carbonyl (C=O) groups excluding carboxylic acids is 1. The van der Waals surface area contributed by atoms with Crippen molar-refractivity contribution in [3.05, 3.63) is 34.9 Å². The molecule has 0 aliphatic carbocycles. The van der Waals surface area contributed by atoms with Gasteiger partial charge in [0.2, 0.25) is 0 Å². The van der Waals surface area contributed by atoms with Crippen LogP contribution in [0.15, 0.2) is 18.2 Å². The Morgan fingerprint density at radius 2 is 2.33 bits per heavy atom. The summed E-state index contributed by atoms with van der Waals surface area (Å²) in [5.74, 6) is 7.07. The summed E-state index contributed by atoms with van der Waals surface area (Å²) in [5, 5.41) is 3.53. The zero-order chi connectivity index (χ0) is 12.8. The van der Waals surface area contributed by atoms with Crippen LogP contribution in [0.1, 0.15) is 30.0 Å². The number of carbonyl (C=O) groups is 1. The van der Waals surface area contributed by atoms with Crippen LogP contribution in [0, 0.1) is 11.8 Å². The number of thioether (sulfide) groups is 1. The van der Waals surface area contributed by atoms with Crippen molar-refractivity contribution in [3.8, 4) is 11.8 Å². The molecule has 18 heavy (non-hydrogen) atoms. The molecule has 2 rings (SSSR count). The van der Waals surface area contributed by atoms with Crippen LogP contribution < -0.4 is 5.32 Å². The highest BCUT2D eigenvalue weighted by Gasteiger charge is 2.07. The number of hydrogen-bond acceptors (Lipinski definition) is 3. The average molecular weight is 259 g/mol. The van der Waals surface area contributed by atoms with Crippen LogP contribution in [0.3, 0.4) is 0 Å². The van der Waals surface area contributed by atoms with Gasteiger partial charge in [-0.2, -0.15) is 0 Å². The van der Waals surface area contributed by atoms with Gasteiger partial charge in [-0.25, -0.2) is 0 Å². The summed E-state index contributed by atoms with van der Waals surface area (Å²) in [5.41, 5.74) is 3.88. The lowest BCUT2D eigenvalue weighted by atomic mass is 9.99. The molecule has 0 bridgehead atoms. The standard InChI is InChI=1S/C15H17NOS/c1-12(17)18-9-3-2-4-13-5-6-14-7-8-16-11-15(14)10-13/h5-6,10,16H,3,7-9,11H2,1H3. The van der Waals surface area contributed by atoms with Gasteiger partial charge < -0.3 is 5.32 Å². The molecule has 2 nitrogen and oxygen atoms in total. The number of hydrogen-bond donors (Lipinski definition) is 1. The predicted octanol–water partition coefficient (Wildman–Crippen LogP) is 2.35. The normalized spacial score (nSPS) is 13.4. The Morgan fingerprint density at radius 3 is 3.17 bits per heavy atom. The van der Waals surface area contributed by atoms with E-state index in [4.69, 9.17) is 0 Å². The van der Waals surface area contributed by atoms with Gasteiger partial charge in [0.15, 0.2) is 5.12 Å². The van der Waals surface area contributed by atoms with Crippen molar-refractivity contribution in [2.45, 2.75) is 26.3 Å². The van der Waals surface area contributed by atoms with Gasteiger partial charge in [-0.05, 0) is 36.2 Å². The van der Waals surface area contributed by atoms with Crippen LogP contribution in [-0.2, 0) is 17.8 Å². The minimum Gasteiger partial charge on any atom is -0.312 e. The van der Waals surface area contributed by atoms with E-state index in [0.29, 0.717) is 0 Å². The van der Waals surface area contributed by atoms with Crippen molar-refractivity contribution in [2.75, 3.05) is 12.3 Å². The maximum absolute atomic E-state index is 10.7. The molecule has 0 fully saturated rings. The van der Waals surface area contributed by atoms with Crippen LogP contribution in [0.5, 0.6) is 0 Å². The second-order valence-corrected chi connectivity index (χ2v) is 5.57. The second-order valence-electron chi connectivity index (χ2n) is 4.30. The number of rotatable bonds is 2. The maximum Gasteiger partial charge on any atom is 0.185 e. The molecule has 1 aromatic carbocycles. The van der Waals surface area contributed by atoms with Gasteiger partial charge in [-0.15, -0.1) is 0 Å². The molecular formula is C15H17NOS. The van der Waals surface area contributed by atoms with E-state index in [-0.39, 0.29) is 5.12 Å². The van der Waals surface area contributed by atoms with Gasteiger partial charge in [0.25, 0.3) is 0 Å². The highest BCUT2D eigenvalue weighted by atomic mass is 32.2. The zero-order valence-corrected chi connectivity index (χ0v) is 11.4. The minimum atomic E-state index is 0.164. The molecule has 0 amide bonds. The molecule has 1 N–H and O–H groups in total. The Morgan fingerprint density at radius 1 is 1.44 bits per heavy atom. The highest BCUT2D eigenvalue weighted by molar-refractivity contribution is 8.13. The quantitative estimate of drug-likeness (QED) is 0.653. The largest absolute Gasteiger partial charge is 0.312 e. The van der Waals surface area contributed by atoms with Crippen molar-refractivity contribution in [1.29, 1.82) is 0 Å². The van der Waals surface area contributed by atoms with Gasteiger partial charge in [0.05, 0.1) is 0 Å². The van der Waals surface area contributed by atoms with Gasteiger partial charge >= 0.3 is 0 Å². The monoisotopic (exact) mass is 259 g/mol. The van der Waals surface area contributed by atoms with E-state index < -0.39 is 0 Å². The van der Waals surface area contributed by atoms with Crippen molar-refractivity contribution in [1.82, 2.24) is 5.32 Å². The predicted molar refractivity (Wildman–Crippen MR) is 76.5 cm³/mol. The summed E-state index contributed by atoms with van der Waals surface area (Å²) >= 11 is 1.34. The van der Waals surface area contributed by atoms with Crippen LogP contribution in [0.4, 0.5) is 0 Å². The Balaban J connectivity index is 1.93. The Hall–Kier alpha value is -1.24.